The normalized spacial score (nSPS) is 10.9. The van der Waals surface area contributed by atoms with Crippen LogP contribution in [0.2, 0.25) is 0 Å². The number of benzene rings is 2. The number of fused-ring (bicyclic) bond motifs is 1. The lowest BCUT2D eigenvalue weighted by Gasteiger charge is -2.09. The number of hydrogen-bond acceptors (Lipinski definition) is 4. The smallest absolute Gasteiger partial charge is 0.291 e. The Kier molecular flexibility index (Phi) is 5.58. The molecule has 1 N–H and O–H groups in total. The highest BCUT2D eigenvalue weighted by Gasteiger charge is 2.18. The fourth-order valence-corrected chi connectivity index (χ4v) is 2.89. The molecule has 0 aliphatic carbocycles. The molecule has 3 aromatic rings. The van der Waals surface area contributed by atoms with E-state index in [9.17, 15) is 9.18 Å². The van der Waals surface area contributed by atoms with Crippen LogP contribution in [0.3, 0.4) is 0 Å². The molecule has 136 valence electrons. The van der Waals surface area contributed by atoms with Gasteiger partial charge in [-0.1, -0.05) is 15.9 Å². The van der Waals surface area contributed by atoms with Crippen LogP contribution < -0.4 is 10.1 Å². The Labute approximate surface area is 158 Å². The van der Waals surface area contributed by atoms with Crippen molar-refractivity contribution in [1.82, 2.24) is 0 Å². The maximum Gasteiger partial charge on any atom is 0.291 e. The molecule has 0 bridgehead atoms. The van der Waals surface area contributed by atoms with Crippen molar-refractivity contribution in [2.24, 2.45) is 0 Å². The first-order valence-corrected chi connectivity index (χ1v) is 8.70. The Balaban J connectivity index is 1.78. The van der Waals surface area contributed by atoms with Crippen LogP contribution in [0, 0.1) is 12.7 Å². The van der Waals surface area contributed by atoms with Crippen molar-refractivity contribution in [2.75, 3.05) is 25.6 Å². The van der Waals surface area contributed by atoms with E-state index in [2.05, 4.69) is 21.2 Å². The van der Waals surface area contributed by atoms with Crippen LogP contribution in [0.5, 0.6) is 5.75 Å². The van der Waals surface area contributed by atoms with Gasteiger partial charge in [0.15, 0.2) is 17.3 Å². The van der Waals surface area contributed by atoms with Crippen molar-refractivity contribution in [1.29, 1.82) is 0 Å². The molecule has 1 heterocycles. The number of carbonyl (C=O) groups excluding carboxylic acids is 1. The highest BCUT2D eigenvalue weighted by Crippen LogP contribution is 2.29. The van der Waals surface area contributed by atoms with Gasteiger partial charge in [-0.3, -0.25) is 4.79 Å². The molecule has 0 atom stereocenters. The van der Waals surface area contributed by atoms with Gasteiger partial charge in [-0.05, 0) is 37.3 Å². The number of methoxy groups -OCH3 is 1. The van der Waals surface area contributed by atoms with Gasteiger partial charge in [0.25, 0.3) is 5.91 Å². The second-order valence-electron chi connectivity index (χ2n) is 5.64. The van der Waals surface area contributed by atoms with Crippen molar-refractivity contribution in [3.63, 3.8) is 0 Å². The van der Waals surface area contributed by atoms with Crippen molar-refractivity contribution < 1.29 is 23.1 Å². The third kappa shape index (κ3) is 3.89. The van der Waals surface area contributed by atoms with Gasteiger partial charge in [-0.25, -0.2) is 4.39 Å². The molecular weight excluding hydrogens is 405 g/mol. The quantitative estimate of drug-likeness (QED) is 0.573. The molecule has 7 heteroatoms. The Morgan fingerprint density at radius 2 is 2.04 bits per heavy atom. The molecule has 1 aromatic heterocycles. The predicted molar refractivity (Wildman–Crippen MR) is 100 cm³/mol. The molecule has 2 aromatic carbocycles. The summed E-state index contributed by atoms with van der Waals surface area (Å²) in [6, 6.07) is 9.74. The summed E-state index contributed by atoms with van der Waals surface area (Å²) in [4.78, 5) is 12.5. The largest absolute Gasteiger partial charge is 0.488 e. The van der Waals surface area contributed by atoms with Crippen LogP contribution in [0.4, 0.5) is 10.1 Å². The maximum atomic E-state index is 14.1. The monoisotopic (exact) mass is 421 g/mol. The van der Waals surface area contributed by atoms with E-state index in [0.717, 1.165) is 15.4 Å². The van der Waals surface area contributed by atoms with Crippen LogP contribution in [-0.2, 0) is 4.74 Å². The van der Waals surface area contributed by atoms with E-state index >= 15 is 0 Å². The van der Waals surface area contributed by atoms with Gasteiger partial charge in [0.2, 0.25) is 0 Å². The molecule has 0 aliphatic rings. The lowest BCUT2D eigenvalue weighted by Crippen LogP contribution is -2.12. The fraction of sp³-hybridized carbons (Fsp3) is 0.211. The zero-order valence-corrected chi connectivity index (χ0v) is 15.9. The van der Waals surface area contributed by atoms with Crippen molar-refractivity contribution in [3.05, 3.63) is 58.0 Å². The van der Waals surface area contributed by atoms with Gasteiger partial charge >= 0.3 is 0 Å². The topological polar surface area (TPSA) is 60.7 Å². The van der Waals surface area contributed by atoms with Gasteiger partial charge < -0.3 is 19.2 Å². The number of rotatable bonds is 6. The summed E-state index contributed by atoms with van der Waals surface area (Å²) in [5, 5.41) is 3.49. The zero-order valence-electron chi connectivity index (χ0n) is 14.3. The minimum absolute atomic E-state index is 0.102. The minimum Gasteiger partial charge on any atom is -0.488 e. The van der Waals surface area contributed by atoms with Gasteiger partial charge in [-0.15, -0.1) is 0 Å². The number of nitrogens with one attached hydrogen (secondary N) is 1. The van der Waals surface area contributed by atoms with E-state index in [4.69, 9.17) is 13.9 Å². The summed E-state index contributed by atoms with van der Waals surface area (Å²) in [5.41, 5.74) is 1.65. The van der Waals surface area contributed by atoms with Crippen molar-refractivity contribution in [2.45, 2.75) is 6.92 Å². The van der Waals surface area contributed by atoms with Gasteiger partial charge in [0.05, 0.1) is 6.61 Å². The van der Waals surface area contributed by atoms with E-state index in [0.29, 0.717) is 17.9 Å². The van der Waals surface area contributed by atoms with E-state index in [1.165, 1.54) is 19.2 Å². The van der Waals surface area contributed by atoms with Crippen LogP contribution in [-0.4, -0.2) is 26.2 Å². The number of amides is 1. The third-order valence-corrected chi connectivity index (χ3v) is 4.33. The SMILES string of the molecule is COCCOc1ccc(NC(=O)c2oc3ccc(Br)cc3c2C)cc1F. The number of hydrogen-bond donors (Lipinski definition) is 1. The average Bonchev–Trinajstić information content (AvgIpc) is 2.93. The van der Waals surface area contributed by atoms with Gasteiger partial charge in [0, 0.05) is 34.3 Å². The Morgan fingerprint density at radius 1 is 1.23 bits per heavy atom. The van der Waals surface area contributed by atoms with Crippen LogP contribution in [0.25, 0.3) is 11.0 Å². The molecule has 0 spiro atoms. The number of anilines is 1. The lowest BCUT2D eigenvalue weighted by molar-refractivity contribution is 0.0998. The number of aryl methyl sites for hydroxylation is 1. The molecule has 5 nitrogen and oxygen atoms in total. The summed E-state index contributed by atoms with van der Waals surface area (Å²) >= 11 is 3.40. The molecule has 0 aliphatic heterocycles. The van der Waals surface area contributed by atoms with Gasteiger partial charge in [0.1, 0.15) is 12.2 Å². The molecule has 0 fully saturated rings. The molecule has 1 amide bonds. The summed E-state index contributed by atoms with van der Waals surface area (Å²) in [6.45, 7) is 2.41. The molecule has 3 rings (SSSR count). The third-order valence-electron chi connectivity index (χ3n) is 3.84. The van der Waals surface area contributed by atoms with E-state index < -0.39 is 11.7 Å². The second kappa shape index (κ2) is 7.88. The first kappa shape index (κ1) is 18.4. The van der Waals surface area contributed by atoms with E-state index in [1.54, 1.807) is 19.1 Å². The lowest BCUT2D eigenvalue weighted by atomic mass is 10.1. The first-order valence-electron chi connectivity index (χ1n) is 7.91. The predicted octanol–water partition coefficient (Wildman–Crippen LogP) is 4.92. The van der Waals surface area contributed by atoms with E-state index in [-0.39, 0.29) is 18.1 Å². The zero-order chi connectivity index (χ0) is 18.7. The van der Waals surface area contributed by atoms with Crippen molar-refractivity contribution in [3.8, 4) is 5.75 Å². The average molecular weight is 422 g/mol. The first-order chi connectivity index (χ1) is 12.5. The summed E-state index contributed by atoms with van der Waals surface area (Å²) in [5.74, 6) is -0.713. The molecule has 0 saturated heterocycles. The van der Waals surface area contributed by atoms with Crippen molar-refractivity contribution >= 4 is 38.5 Å². The van der Waals surface area contributed by atoms with Crippen LogP contribution >= 0.6 is 15.9 Å². The maximum absolute atomic E-state index is 14.1. The highest BCUT2D eigenvalue weighted by molar-refractivity contribution is 9.10. The van der Waals surface area contributed by atoms with Crippen LogP contribution in [0.15, 0.2) is 45.3 Å². The Hall–Kier alpha value is -2.38. The molecule has 0 saturated carbocycles. The second-order valence-corrected chi connectivity index (χ2v) is 6.55. The number of halogens is 2. The summed E-state index contributed by atoms with van der Waals surface area (Å²) < 4.78 is 30.7. The Morgan fingerprint density at radius 3 is 2.77 bits per heavy atom. The minimum atomic E-state index is -0.566. The van der Waals surface area contributed by atoms with E-state index in [1.807, 2.05) is 12.1 Å². The summed E-state index contributed by atoms with van der Waals surface area (Å²) in [6.07, 6.45) is 0. The molecule has 0 unspecified atom stereocenters. The standard InChI is InChI=1S/C19H17BrFNO4/c1-11-14-9-12(20)3-5-16(14)26-18(11)19(23)22-13-4-6-17(15(21)10-13)25-8-7-24-2/h3-6,9-10H,7-8H2,1-2H3,(H,22,23). The van der Waals surface area contributed by atoms with Gasteiger partial charge in [-0.2, -0.15) is 0 Å². The molecular formula is C19H17BrFNO4. The summed E-state index contributed by atoms with van der Waals surface area (Å²) in [7, 11) is 1.54. The van der Waals surface area contributed by atoms with Crippen LogP contribution in [0.1, 0.15) is 16.1 Å². The highest BCUT2D eigenvalue weighted by atomic mass is 79.9. The molecule has 26 heavy (non-hydrogen) atoms. The Bertz CT molecular complexity index is 954. The molecule has 0 radical (unpaired) electrons. The number of ether oxygens (including phenoxy) is 2. The number of furan rings is 1. The number of carbonyl (C=O) groups is 1. The fourth-order valence-electron chi connectivity index (χ4n) is 2.53.